The first-order valence-corrected chi connectivity index (χ1v) is 5.57. The van der Waals surface area contributed by atoms with Gasteiger partial charge < -0.3 is 10.2 Å². The lowest BCUT2D eigenvalue weighted by Gasteiger charge is -2.35. The van der Waals surface area contributed by atoms with Crippen LogP contribution in [-0.4, -0.2) is 22.4 Å². The molecule has 2 N–H and O–H groups in total. The second-order valence-electron chi connectivity index (χ2n) is 5.24. The molecule has 15 heavy (non-hydrogen) atoms. The first kappa shape index (κ1) is 12.5. The summed E-state index contributed by atoms with van der Waals surface area (Å²) in [6.45, 7) is 8.09. The molecule has 0 bridgehead atoms. The zero-order chi connectivity index (χ0) is 11.6. The Kier molecular flexibility index (Phi) is 3.74. The zero-order valence-corrected chi connectivity index (χ0v) is 10.1. The van der Waals surface area contributed by atoms with Gasteiger partial charge >= 0.3 is 0 Å². The van der Waals surface area contributed by atoms with Gasteiger partial charge in [0.1, 0.15) is 0 Å². The van der Waals surface area contributed by atoms with E-state index in [-0.39, 0.29) is 11.5 Å². The van der Waals surface area contributed by atoms with Gasteiger partial charge in [0.25, 0.3) is 0 Å². The second kappa shape index (κ2) is 4.50. The average molecular weight is 210 g/mol. The molecule has 0 aliphatic heterocycles. The molecule has 2 heteroatoms. The Hall–Kier alpha value is -0.600. The topological polar surface area (TPSA) is 40.5 Å². The van der Waals surface area contributed by atoms with Crippen LogP contribution >= 0.6 is 0 Å². The number of allylic oxidation sites excluding steroid dienone is 2. The van der Waals surface area contributed by atoms with Crippen molar-refractivity contribution in [1.29, 1.82) is 0 Å². The summed E-state index contributed by atoms with van der Waals surface area (Å²) < 4.78 is 0. The Morgan fingerprint density at radius 3 is 2.53 bits per heavy atom. The average Bonchev–Trinajstić information content (AvgIpc) is 1.98. The zero-order valence-electron chi connectivity index (χ0n) is 10.1. The quantitative estimate of drug-likeness (QED) is 0.735. The van der Waals surface area contributed by atoms with Gasteiger partial charge in [0.15, 0.2) is 0 Å². The van der Waals surface area contributed by atoms with Crippen molar-refractivity contribution < 1.29 is 10.2 Å². The van der Waals surface area contributed by atoms with Crippen LogP contribution in [0.3, 0.4) is 0 Å². The maximum Gasteiger partial charge on any atom is 0.0695 e. The van der Waals surface area contributed by atoms with Crippen LogP contribution in [0.5, 0.6) is 0 Å². The highest BCUT2D eigenvalue weighted by Gasteiger charge is 2.31. The SMILES string of the molecule is CC1=C(/C=C/[C@@H](C)O)C(C)(C)C[C@@H](O)C1. The lowest BCUT2D eigenvalue weighted by atomic mass is 9.71. The van der Waals surface area contributed by atoms with E-state index in [1.807, 2.05) is 6.08 Å². The highest BCUT2D eigenvalue weighted by Crippen LogP contribution is 2.40. The molecule has 0 fully saturated rings. The van der Waals surface area contributed by atoms with Crippen molar-refractivity contribution in [3.05, 3.63) is 23.3 Å². The third kappa shape index (κ3) is 3.18. The second-order valence-corrected chi connectivity index (χ2v) is 5.24. The van der Waals surface area contributed by atoms with Gasteiger partial charge in [-0.15, -0.1) is 0 Å². The normalized spacial score (nSPS) is 28.5. The summed E-state index contributed by atoms with van der Waals surface area (Å²) in [6.07, 6.45) is 4.73. The molecule has 86 valence electrons. The molecule has 0 unspecified atom stereocenters. The number of hydrogen-bond acceptors (Lipinski definition) is 2. The van der Waals surface area contributed by atoms with Gasteiger partial charge in [-0.3, -0.25) is 0 Å². The van der Waals surface area contributed by atoms with Crippen LogP contribution in [0.25, 0.3) is 0 Å². The largest absolute Gasteiger partial charge is 0.393 e. The van der Waals surface area contributed by atoms with Gasteiger partial charge in [-0.05, 0) is 37.7 Å². The van der Waals surface area contributed by atoms with Crippen molar-refractivity contribution in [2.45, 2.75) is 52.7 Å². The van der Waals surface area contributed by atoms with E-state index in [0.717, 1.165) is 12.8 Å². The molecule has 1 aliphatic rings. The fraction of sp³-hybridized carbons (Fsp3) is 0.692. The summed E-state index contributed by atoms with van der Waals surface area (Å²) in [5.41, 5.74) is 2.50. The maximum absolute atomic E-state index is 9.70. The third-order valence-electron chi connectivity index (χ3n) is 3.02. The molecule has 1 rings (SSSR count). The first-order valence-electron chi connectivity index (χ1n) is 5.57. The van der Waals surface area contributed by atoms with E-state index >= 15 is 0 Å². The summed E-state index contributed by atoms with van der Waals surface area (Å²) in [7, 11) is 0. The minimum atomic E-state index is -0.409. The van der Waals surface area contributed by atoms with Crippen LogP contribution in [-0.2, 0) is 0 Å². The lowest BCUT2D eigenvalue weighted by Crippen LogP contribution is -2.28. The minimum Gasteiger partial charge on any atom is -0.393 e. The van der Waals surface area contributed by atoms with Gasteiger partial charge in [0.05, 0.1) is 12.2 Å². The van der Waals surface area contributed by atoms with Crippen LogP contribution in [0.2, 0.25) is 0 Å². The molecule has 0 aromatic rings. The number of aliphatic hydroxyl groups excluding tert-OH is 2. The number of aliphatic hydroxyl groups is 2. The van der Waals surface area contributed by atoms with E-state index in [0.29, 0.717) is 0 Å². The van der Waals surface area contributed by atoms with Crippen molar-refractivity contribution >= 4 is 0 Å². The Morgan fingerprint density at radius 1 is 1.47 bits per heavy atom. The smallest absolute Gasteiger partial charge is 0.0695 e. The summed E-state index contributed by atoms with van der Waals surface area (Å²) in [6, 6.07) is 0. The number of rotatable bonds is 2. The first-order chi connectivity index (χ1) is 6.83. The molecular formula is C13H22O2. The summed E-state index contributed by atoms with van der Waals surface area (Å²) in [5.74, 6) is 0. The van der Waals surface area contributed by atoms with Crippen LogP contribution < -0.4 is 0 Å². The van der Waals surface area contributed by atoms with Crippen molar-refractivity contribution in [2.24, 2.45) is 5.41 Å². The van der Waals surface area contributed by atoms with E-state index in [9.17, 15) is 10.2 Å². The maximum atomic E-state index is 9.70. The number of hydrogen-bond donors (Lipinski definition) is 2. The highest BCUT2D eigenvalue weighted by molar-refractivity contribution is 5.33. The molecule has 1 aliphatic carbocycles. The van der Waals surface area contributed by atoms with E-state index < -0.39 is 6.10 Å². The molecule has 2 nitrogen and oxygen atoms in total. The summed E-state index contributed by atoms with van der Waals surface area (Å²) in [4.78, 5) is 0. The molecule has 0 spiro atoms. The van der Waals surface area contributed by atoms with Crippen LogP contribution in [0.1, 0.15) is 40.5 Å². The molecule has 0 heterocycles. The minimum absolute atomic E-state index is 0.00708. The van der Waals surface area contributed by atoms with Gasteiger partial charge in [-0.1, -0.05) is 31.6 Å². The van der Waals surface area contributed by atoms with Crippen molar-refractivity contribution in [3.63, 3.8) is 0 Å². The molecule has 0 aromatic heterocycles. The third-order valence-corrected chi connectivity index (χ3v) is 3.02. The van der Waals surface area contributed by atoms with Crippen molar-refractivity contribution in [2.75, 3.05) is 0 Å². The lowest BCUT2D eigenvalue weighted by molar-refractivity contribution is 0.116. The Labute approximate surface area is 92.3 Å². The molecule has 0 aromatic carbocycles. The van der Waals surface area contributed by atoms with E-state index in [4.69, 9.17) is 0 Å². The molecule has 0 saturated carbocycles. The van der Waals surface area contributed by atoms with E-state index in [2.05, 4.69) is 20.8 Å². The van der Waals surface area contributed by atoms with E-state index in [1.54, 1.807) is 13.0 Å². The molecule has 0 amide bonds. The predicted octanol–water partition coefficient (Wildman–Crippen LogP) is 2.42. The predicted molar refractivity (Wildman–Crippen MR) is 62.5 cm³/mol. The van der Waals surface area contributed by atoms with Gasteiger partial charge in [-0.25, -0.2) is 0 Å². The Morgan fingerprint density at radius 2 is 2.07 bits per heavy atom. The molecule has 0 saturated heterocycles. The molecule has 0 radical (unpaired) electrons. The van der Waals surface area contributed by atoms with Crippen molar-refractivity contribution in [1.82, 2.24) is 0 Å². The van der Waals surface area contributed by atoms with Gasteiger partial charge in [0, 0.05) is 0 Å². The highest BCUT2D eigenvalue weighted by atomic mass is 16.3. The Balaban J connectivity index is 2.96. The van der Waals surface area contributed by atoms with Gasteiger partial charge in [0.2, 0.25) is 0 Å². The fourth-order valence-corrected chi connectivity index (χ4v) is 2.42. The Bertz CT molecular complexity index is 285. The van der Waals surface area contributed by atoms with E-state index in [1.165, 1.54) is 11.1 Å². The van der Waals surface area contributed by atoms with Gasteiger partial charge in [-0.2, -0.15) is 0 Å². The van der Waals surface area contributed by atoms with Crippen LogP contribution in [0, 0.1) is 5.41 Å². The van der Waals surface area contributed by atoms with Crippen LogP contribution in [0.4, 0.5) is 0 Å². The molecule has 2 atom stereocenters. The molecular weight excluding hydrogens is 188 g/mol. The van der Waals surface area contributed by atoms with Crippen molar-refractivity contribution in [3.8, 4) is 0 Å². The fourth-order valence-electron chi connectivity index (χ4n) is 2.42. The summed E-state index contributed by atoms with van der Waals surface area (Å²) in [5, 5.41) is 18.9. The summed E-state index contributed by atoms with van der Waals surface area (Å²) >= 11 is 0. The standard InChI is InChI=1S/C13H22O2/c1-9-7-11(15)8-13(3,4)12(9)6-5-10(2)14/h5-6,10-11,14-15H,7-8H2,1-4H3/b6-5+/t10-,11+/m1/s1. The van der Waals surface area contributed by atoms with Crippen LogP contribution in [0.15, 0.2) is 23.3 Å². The monoisotopic (exact) mass is 210 g/mol.